The zero-order valence-electron chi connectivity index (χ0n) is 10.6. The summed E-state index contributed by atoms with van der Waals surface area (Å²) < 4.78 is 18.3. The molecule has 98 valence electrons. The van der Waals surface area contributed by atoms with E-state index in [4.69, 9.17) is 4.74 Å². The van der Waals surface area contributed by atoms with E-state index in [0.29, 0.717) is 19.2 Å². The summed E-state index contributed by atoms with van der Waals surface area (Å²) in [4.78, 5) is 13.8. The van der Waals surface area contributed by atoms with Gasteiger partial charge in [0.25, 0.3) is 0 Å². The average molecular weight is 251 g/mol. The molecule has 4 heteroatoms. The fraction of sp³-hybridized carbons (Fsp3) is 0.500. The van der Waals surface area contributed by atoms with Gasteiger partial charge in [-0.15, -0.1) is 0 Å². The van der Waals surface area contributed by atoms with Crippen molar-refractivity contribution in [2.75, 3.05) is 13.2 Å². The van der Waals surface area contributed by atoms with Gasteiger partial charge in [0, 0.05) is 19.2 Å². The van der Waals surface area contributed by atoms with Gasteiger partial charge in [-0.1, -0.05) is 12.1 Å². The molecule has 0 atom stereocenters. The average Bonchev–Trinajstić information content (AvgIpc) is 3.17. The Bertz CT molecular complexity index is 418. The van der Waals surface area contributed by atoms with E-state index in [1.807, 2.05) is 13.0 Å². The Kier molecular flexibility index (Phi) is 4.31. The van der Waals surface area contributed by atoms with Crippen LogP contribution >= 0.6 is 0 Å². The minimum absolute atomic E-state index is 0.0105. The molecule has 1 saturated carbocycles. The third kappa shape index (κ3) is 3.53. The molecule has 1 aromatic carbocycles. The van der Waals surface area contributed by atoms with Crippen LogP contribution in [0.4, 0.5) is 4.39 Å². The summed E-state index contributed by atoms with van der Waals surface area (Å²) >= 11 is 0. The Labute approximate surface area is 107 Å². The molecule has 0 aliphatic heterocycles. The van der Waals surface area contributed by atoms with Gasteiger partial charge in [0.2, 0.25) is 5.91 Å². The van der Waals surface area contributed by atoms with Crippen LogP contribution in [-0.4, -0.2) is 30.1 Å². The maximum Gasteiger partial charge on any atom is 0.249 e. The molecule has 18 heavy (non-hydrogen) atoms. The highest BCUT2D eigenvalue weighted by molar-refractivity contribution is 5.78. The van der Waals surface area contributed by atoms with Gasteiger partial charge >= 0.3 is 0 Å². The van der Waals surface area contributed by atoms with Crippen molar-refractivity contribution in [3.05, 3.63) is 35.6 Å². The van der Waals surface area contributed by atoms with Crippen molar-refractivity contribution in [1.82, 2.24) is 4.90 Å². The third-order valence-electron chi connectivity index (χ3n) is 2.98. The monoisotopic (exact) mass is 251 g/mol. The van der Waals surface area contributed by atoms with Gasteiger partial charge in [0.05, 0.1) is 0 Å². The van der Waals surface area contributed by atoms with E-state index in [1.54, 1.807) is 11.0 Å². The van der Waals surface area contributed by atoms with Gasteiger partial charge in [-0.25, -0.2) is 4.39 Å². The Morgan fingerprint density at radius 1 is 1.50 bits per heavy atom. The smallest absolute Gasteiger partial charge is 0.249 e. The topological polar surface area (TPSA) is 29.5 Å². The minimum Gasteiger partial charge on any atom is -0.372 e. The van der Waals surface area contributed by atoms with Crippen molar-refractivity contribution in [3.8, 4) is 0 Å². The fourth-order valence-electron chi connectivity index (χ4n) is 1.91. The molecule has 0 saturated heterocycles. The van der Waals surface area contributed by atoms with Crippen molar-refractivity contribution in [2.24, 2.45) is 0 Å². The lowest BCUT2D eigenvalue weighted by atomic mass is 10.2. The molecule has 0 radical (unpaired) electrons. The van der Waals surface area contributed by atoms with Crippen molar-refractivity contribution < 1.29 is 13.9 Å². The summed E-state index contributed by atoms with van der Waals surface area (Å²) in [5.41, 5.74) is 0.826. The largest absolute Gasteiger partial charge is 0.372 e. The molecule has 0 unspecified atom stereocenters. The highest BCUT2D eigenvalue weighted by Gasteiger charge is 2.32. The highest BCUT2D eigenvalue weighted by Crippen LogP contribution is 2.28. The van der Waals surface area contributed by atoms with Gasteiger partial charge < -0.3 is 9.64 Å². The molecule has 1 fully saturated rings. The SMILES string of the molecule is CCOCC(=O)N(Cc1cccc(F)c1)C1CC1. The number of hydrogen-bond acceptors (Lipinski definition) is 2. The summed E-state index contributed by atoms with van der Waals surface area (Å²) in [6.45, 7) is 2.97. The van der Waals surface area contributed by atoms with Crippen molar-refractivity contribution in [3.63, 3.8) is 0 Å². The molecule has 0 spiro atoms. The zero-order valence-corrected chi connectivity index (χ0v) is 10.6. The van der Waals surface area contributed by atoms with E-state index in [-0.39, 0.29) is 18.3 Å². The van der Waals surface area contributed by atoms with Crippen LogP contribution in [0, 0.1) is 5.82 Å². The number of ether oxygens (including phenoxy) is 1. The number of hydrogen-bond donors (Lipinski definition) is 0. The number of nitrogens with zero attached hydrogens (tertiary/aromatic N) is 1. The van der Waals surface area contributed by atoms with E-state index >= 15 is 0 Å². The van der Waals surface area contributed by atoms with E-state index < -0.39 is 0 Å². The van der Waals surface area contributed by atoms with E-state index in [9.17, 15) is 9.18 Å². The number of benzene rings is 1. The summed E-state index contributed by atoms with van der Waals surface area (Å²) in [7, 11) is 0. The van der Waals surface area contributed by atoms with Crippen LogP contribution in [0.3, 0.4) is 0 Å². The molecule has 0 heterocycles. The van der Waals surface area contributed by atoms with Crippen molar-refractivity contribution >= 4 is 5.91 Å². The predicted octanol–water partition coefficient (Wildman–Crippen LogP) is 2.35. The number of carbonyl (C=O) groups is 1. The first-order valence-corrected chi connectivity index (χ1v) is 6.32. The number of carbonyl (C=O) groups excluding carboxylic acids is 1. The van der Waals surface area contributed by atoms with Crippen LogP contribution in [-0.2, 0) is 16.1 Å². The standard InChI is InChI=1S/C14H18FNO2/c1-2-18-10-14(17)16(13-6-7-13)9-11-4-3-5-12(15)8-11/h3-5,8,13H,2,6-7,9-10H2,1H3. The van der Waals surface area contributed by atoms with Gasteiger partial charge in [-0.2, -0.15) is 0 Å². The molecule has 1 aliphatic carbocycles. The van der Waals surface area contributed by atoms with Gasteiger partial charge in [0.1, 0.15) is 12.4 Å². The number of rotatable bonds is 6. The first-order valence-electron chi connectivity index (χ1n) is 6.32. The molecule has 0 bridgehead atoms. The Balaban J connectivity index is 2.00. The quantitative estimate of drug-likeness (QED) is 0.776. The molecule has 0 N–H and O–H groups in total. The van der Waals surface area contributed by atoms with Crippen LogP contribution in [0.1, 0.15) is 25.3 Å². The Morgan fingerprint density at radius 3 is 2.89 bits per heavy atom. The van der Waals surface area contributed by atoms with Crippen LogP contribution in [0.2, 0.25) is 0 Å². The lowest BCUT2D eigenvalue weighted by Crippen LogP contribution is -2.35. The molecule has 1 aliphatic rings. The first kappa shape index (κ1) is 13.0. The lowest BCUT2D eigenvalue weighted by Gasteiger charge is -2.22. The van der Waals surface area contributed by atoms with Crippen LogP contribution in [0.15, 0.2) is 24.3 Å². The van der Waals surface area contributed by atoms with Crippen LogP contribution in [0.5, 0.6) is 0 Å². The maximum absolute atomic E-state index is 13.1. The molecule has 2 rings (SSSR count). The Morgan fingerprint density at radius 2 is 2.28 bits per heavy atom. The molecular weight excluding hydrogens is 233 g/mol. The van der Waals surface area contributed by atoms with Crippen molar-refractivity contribution in [1.29, 1.82) is 0 Å². The molecule has 1 aromatic rings. The molecule has 1 amide bonds. The minimum atomic E-state index is -0.263. The summed E-state index contributed by atoms with van der Waals surface area (Å²) in [5.74, 6) is -0.274. The van der Waals surface area contributed by atoms with E-state index in [0.717, 1.165) is 18.4 Å². The third-order valence-corrected chi connectivity index (χ3v) is 2.98. The normalized spacial score (nSPS) is 14.6. The summed E-state index contributed by atoms with van der Waals surface area (Å²) in [6.07, 6.45) is 2.07. The van der Waals surface area contributed by atoms with Crippen LogP contribution < -0.4 is 0 Å². The second-order valence-corrected chi connectivity index (χ2v) is 4.52. The summed E-state index contributed by atoms with van der Waals surface area (Å²) in [6, 6.07) is 6.70. The zero-order chi connectivity index (χ0) is 13.0. The van der Waals surface area contributed by atoms with Crippen LogP contribution in [0.25, 0.3) is 0 Å². The number of amides is 1. The highest BCUT2D eigenvalue weighted by atomic mass is 19.1. The molecule has 0 aromatic heterocycles. The fourth-order valence-corrected chi connectivity index (χ4v) is 1.91. The first-order chi connectivity index (χ1) is 8.70. The van der Waals surface area contributed by atoms with Crippen molar-refractivity contribution in [2.45, 2.75) is 32.4 Å². The number of halogens is 1. The second-order valence-electron chi connectivity index (χ2n) is 4.52. The van der Waals surface area contributed by atoms with Gasteiger partial charge in [-0.3, -0.25) is 4.79 Å². The molecular formula is C14H18FNO2. The predicted molar refractivity (Wildman–Crippen MR) is 66.5 cm³/mol. The lowest BCUT2D eigenvalue weighted by molar-refractivity contribution is -0.137. The van der Waals surface area contributed by atoms with E-state index in [2.05, 4.69) is 0 Å². The van der Waals surface area contributed by atoms with E-state index in [1.165, 1.54) is 12.1 Å². The maximum atomic E-state index is 13.1. The summed E-state index contributed by atoms with van der Waals surface area (Å²) in [5, 5.41) is 0. The second kappa shape index (κ2) is 5.96. The van der Waals surface area contributed by atoms with Gasteiger partial charge in [0.15, 0.2) is 0 Å². The Hall–Kier alpha value is -1.42. The van der Waals surface area contributed by atoms with Gasteiger partial charge in [-0.05, 0) is 37.5 Å². The molecule has 3 nitrogen and oxygen atoms in total.